The van der Waals surface area contributed by atoms with Crippen LogP contribution in [0.2, 0.25) is 0 Å². The Morgan fingerprint density at radius 1 is 0.694 bits per heavy atom. The molecule has 2 aliphatic heterocycles. The van der Waals surface area contributed by atoms with Crippen molar-refractivity contribution in [3.8, 4) is 0 Å². The number of hydrogen-bond donors (Lipinski definition) is 2. The van der Waals surface area contributed by atoms with Gasteiger partial charge >= 0.3 is 0 Å². The van der Waals surface area contributed by atoms with E-state index in [1.165, 1.54) is 66.4 Å². The molecule has 2 N–H and O–H groups in total. The number of aromatic nitrogens is 1. The van der Waals surface area contributed by atoms with Crippen LogP contribution in [0.3, 0.4) is 0 Å². The van der Waals surface area contributed by atoms with Crippen LogP contribution in [-0.2, 0) is 6.42 Å². The molecule has 4 aromatic carbocycles. The summed E-state index contributed by atoms with van der Waals surface area (Å²) < 4.78 is 2.60. The monoisotopic (exact) mass is 801 g/mol. The van der Waals surface area contributed by atoms with Crippen molar-refractivity contribution in [2.45, 2.75) is 43.6 Å². The summed E-state index contributed by atoms with van der Waals surface area (Å²) in [6.07, 6.45) is 40.9. The molecule has 7 unspecified atom stereocenters. The van der Waals surface area contributed by atoms with E-state index in [1.807, 2.05) is 0 Å². The molecule has 0 fully saturated rings. The molecule has 3 heterocycles. The van der Waals surface area contributed by atoms with E-state index in [0.29, 0.717) is 11.8 Å². The number of nitrogens with zero attached hydrogens (tertiary/aromatic N) is 3. The average Bonchev–Trinajstić information content (AvgIpc) is 3.85. The van der Waals surface area contributed by atoms with E-state index in [1.54, 1.807) is 0 Å². The van der Waals surface area contributed by atoms with Crippen LogP contribution in [0, 0.1) is 17.8 Å². The minimum atomic E-state index is -0.154. The second kappa shape index (κ2) is 14.3. The fraction of sp³-hybridized carbons (Fsp3) is 0.175. The van der Waals surface area contributed by atoms with E-state index in [0.717, 1.165) is 36.2 Å². The molecule has 62 heavy (non-hydrogen) atoms. The highest BCUT2D eigenvalue weighted by molar-refractivity contribution is 6.00. The van der Waals surface area contributed by atoms with Gasteiger partial charge in [-0.3, -0.25) is 5.32 Å². The number of hydrogen-bond acceptors (Lipinski definition) is 4. The Morgan fingerprint density at radius 3 is 2.45 bits per heavy atom. The Balaban J connectivity index is 0.894. The van der Waals surface area contributed by atoms with E-state index in [4.69, 9.17) is 4.99 Å². The number of allylic oxidation sites excluding steroid dienone is 14. The normalized spacial score (nSPS) is 27.1. The highest BCUT2D eigenvalue weighted by Gasteiger charge is 2.41. The molecule has 0 bridgehead atoms. The average molecular weight is 802 g/mol. The zero-order valence-electron chi connectivity index (χ0n) is 34.5. The standard InChI is InChI=1S/C57H47N5/c1-3-15-37(16-4-1)55-58-56(38-17-5-2-6-18-38)60-57(59-55)48-24-13-21-41-32-42(27-30-44(41)48)61-52-31-28-43(35-50(52)49-33-39-19-7-8-20-40(39)34-53(49)61)62-51-25-12-11-23-46(51)47-29-26-36-14-9-10-22-45(36)54(47)62/h1-18,20-27,29-30,32-35,39,44,46,48,51,55,57,59H,19,28,31H2,(H,58,60). The second-order valence-electron chi connectivity index (χ2n) is 17.8. The summed E-state index contributed by atoms with van der Waals surface area (Å²) in [5, 5.41) is 13.1. The van der Waals surface area contributed by atoms with Gasteiger partial charge in [0.15, 0.2) is 0 Å². The molecule has 300 valence electrons. The van der Waals surface area contributed by atoms with E-state index >= 15 is 0 Å². The lowest BCUT2D eigenvalue weighted by molar-refractivity contribution is 0.298. The van der Waals surface area contributed by atoms with Crippen molar-refractivity contribution in [3.05, 3.63) is 231 Å². The first-order valence-corrected chi connectivity index (χ1v) is 22.4. The lowest BCUT2D eigenvalue weighted by Crippen LogP contribution is -2.56. The first-order valence-electron chi connectivity index (χ1n) is 22.4. The molecule has 0 radical (unpaired) electrons. The third kappa shape index (κ3) is 5.68. The molecule has 6 aliphatic carbocycles. The Hall–Kier alpha value is -6.95. The van der Waals surface area contributed by atoms with Crippen LogP contribution in [0.4, 0.5) is 5.69 Å². The molecule has 5 heteroatoms. The van der Waals surface area contributed by atoms with Crippen LogP contribution in [-0.4, -0.2) is 22.6 Å². The van der Waals surface area contributed by atoms with Crippen LogP contribution in [0.15, 0.2) is 198 Å². The van der Waals surface area contributed by atoms with Crippen molar-refractivity contribution in [2.24, 2.45) is 22.7 Å². The van der Waals surface area contributed by atoms with Gasteiger partial charge in [0.25, 0.3) is 0 Å². The Kier molecular flexibility index (Phi) is 8.26. The predicted molar refractivity (Wildman–Crippen MR) is 255 cm³/mol. The van der Waals surface area contributed by atoms with Gasteiger partial charge in [0, 0.05) is 62.5 Å². The van der Waals surface area contributed by atoms with Crippen LogP contribution in [0.1, 0.15) is 52.9 Å². The van der Waals surface area contributed by atoms with Gasteiger partial charge in [0.05, 0.1) is 23.2 Å². The smallest absolute Gasteiger partial charge is 0.131 e. The summed E-state index contributed by atoms with van der Waals surface area (Å²) in [7, 11) is 0. The fourth-order valence-electron chi connectivity index (χ4n) is 11.5. The van der Waals surface area contributed by atoms with Crippen molar-refractivity contribution >= 4 is 46.2 Å². The maximum atomic E-state index is 5.20. The topological polar surface area (TPSA) is 44.6 Å². The number of aliphatic imine (C=N–C) groups is 1. The zero-order valence-corrected chi connectivity index (χ0v) is 34.5. The molecule has 5 nitrogen and oxygen atoms in total. The summed E-state index contributed by atoms with van der Waals surface area (Å²) in [6.45, 7) is 0. The largest absolute Gasteiger partial charge is 0.354 e. The lowest BCUT2D eigenvalue weighted by atomic mass is 9.77. The van der Waals surface area contributed by atoms with Crippen molar-refractivity contribution in [3.63, 3.8) is 0 Å². The van der Waals surface area contributed by atoms with E-state index in [2.05, 4.69) is 214 Å². The lowest BCUT2D eigenvalue weighted by Gasteiger charge is -2.40. The minimum Gasteiger partial charge on any atom is -0.354 e. The fourth-order valence-corrected chi connectivity index (χ4v) is 11.5. The molecule has 0 saturated carbocycles. The maximum absolute atomic E-state index is 5.20. The maximum Gasteiger partial charge on any atom is 0.131 e. The Morgan fingerprint density at radius 2 is 1.53 bits per heavy atom. The molecule has 5 aromatic rings. The molecule has 0 amide bonds. The molecule has 0 spiro atoms. The third-order valence-electron chi connectivity index (χ3n) is 14.4. The Bertz CT molecular complexity index is 3140. The first kappa shape index (κ1) is 35.8. The molecule has 1 aromatic heterocycles. The second-order valence-corrected chi connectivity index (χ2v) is 17.8. The highest BCUT2D eigenvalue weighted by atomic mass is 15.3. The van der Waals surface area contributed by atoms with Crippen LogP contribution >= 0.6 is 0 Å². The van der Waals surface area contributed by atoms with Gasteiger partial charge in [0.1, 0.15) is 12.0 Å². The third-order valence-corrected chi connectivity index (χ3v) is 14.4. The van der Waals surface area contributed by atoms with Gasteiger partial charge in [-0.15, -0.1) is 0 Å². The van der Waals surface area contributed by atoms with E-state index in [-0.39, 0.29) is 30.2 Å². The summed E-state index contributed by atoms with van der Waals surface area (Å²) in [5.41, 5.74) is 13.3. The number of amidine groups is 1. The Labute approximate surface area is 362 Å². The van der Waals surface area contributed by atoms with E-state index in [9.17, 15) is 0 Å². The minimum absolute atomic E-state index is 0.0267. The number of benzene rings is 4. The van der Waals surface area contributed by atoms with Crippen LogP contribution < -0.4 is 26.1 Å². The van der Waals surface area contributed by atoms with Gasteiger partial charge in [-0.25, -0.2) is 4.99 Å². The summed E-state index contributed by atoms with van der Waals surface area (Å²) >= 11 is 0. The number of fused-ring (bicyclic) bond motifs is 10. The number of nitrogens with one attached hydrogen (secondary N) is 2. The van der Waals surface area contributed by atoms with Crippen molar-refractivity contribution in [1.82, 2.24) is 15.2 Å². The van der Waals surface area contributed by atoms with Gasteiger partial charge < -0.3 is 14.8 Å². The van der Waals surface area contributed by atoms with Crippen molar-refractivity contribution in [1.29, 1.82) is 0 Å². The summed E-state index contributed by atoms with van der Waals surface area (Å²) in [6, 6.07) is 35.1. The molecule has 13 rings (SSSR count). The van der Waals surface area contributed by atoms with Crippen LogP contribution in [0.25, 0.3) is 34.7 Å². The number of anilines is 1. The van der Waals surface area contributed by atoms with Gasteiger partial charge in [-0.1, -0.05) is 170 Å². The molecular weight excluding hydrogens is 755 g/mol. The summed E-state index contributed by atoms with van der Waals surface area (Å²) in [4.78, 5) is 7.89. The van der Waals surface area contributed by atoms with E-state index < -0.39 is 0 Å². The zero-order chi connectivity index (χ0) is 40.7. The van der Waals surface area contributed by atoms with Gasteiger partial charge in [-0.05, 0) is 71.2 Å². The SMILES string of the molecule is C1=CCC2C=c3c4c(n(C5=CC6=CC=CC(C7NC(c8ccccc8)=NC(c8ccccc8)N7)C6C=C5)c3=CC2=C1)CCC(N1c2c(ccc3ccccc23)C2C=CC=CC21)=C4. The highest BCUT2D eigenvalue weighted by Crippen LogP contribution is 2.50. The summed E-state index contributed by atoms with van der Waals surface area (Å²) in [5.74, 6) is 2.04. The molecule has 7 atom stereocenters. The molecule has 8 aliphatic rings. The molecule has 0 saturated heterocycles. The van der Waals surface area contributed by atoms with Gasteiger partial charge in [0.2, 0.25) is 0 Å². The van der Waals surface area contributed by atoms with Crippen LogP contribution in [0.5, 0.6) is 0 Å². The van der Waals surface area contributed by atoms with Crippen molar-refractivity contribution < 1.29 is 0 Å². The van der Waals surface area contributed by atoms with Crippen molar-refractivity contribution in [2.75, 3.05) is 4.90 Å². The quantitative estimate of drug-likeness (QED) is 0.186. The first-order chi connectivity index (χ1) is 30.7. The molecular formula is C57H47N5. The predicted octanol–water partition coefficient (Wildman–Crippen LogP) is 9.91. The number of rotatable bonds is 5. The van der Waals surface area contributed by atoms with Gasteiger partial charge in [-0.2, -0.15) is 0 Å².